The highest BCUT2D eigenvalue weighted by Crippen LogP contribution is 2.29. The number of hydrogen-bond donors (Lipinski definition) is 2. The molecule has 0 atom stereocenters. The monoisotopic (exact) mass is 336 g/mol. The highest BCUT2D eigenvalue weighted by Gasteiger charge is 2.22. The zero-order valence-corrected chi connectivity index (χ0v) is 12.0. The molecule has 1 heterocycles. The van der Waals surface area contributed by atoms with Gasteiger partial charge in [0.25, 0.3) is 10.0 Å². The molecule has 0 aliphatic carbocycles. The van der Waals surface area contributed by atoms with Gasteiger partial charge >= 0.3 is 0 Å². The van der Waals surface area contributed by atoms with Gasteiger partial charge < -0.3 is 5.73 Å². The van der Waals surface area contributed by atoms with Crippen LogP contribution in [0.5, 0.6) is 0 Å². The number of aromatic nitrogens is 2. The Morgan fingerprint density at radius 2 is 1.80 bits per heavy atom. The average Bonchev–Trinajstić information content (AvgIpc) is 2.37. The molecule has 20 heavy (non-hydrogen) atoms. The summed E-state index contributed by atoms with van der Waals surface area (Å²) in [5.74, 6) is -0.749. The number of nitrogens with two attached hydrogens (primary N) is 1. The summed E-state index contributed by atoms with van der Waals surface area (Å²) < 4.78 is 39.5. The molecule has 0 unspecified atom stereocenters. The first-order valence-corrected chi connectivity index (χ1v) is 7.29. The minimum atomic E-state index is -4.18. The zero-order chi connectivity index (χ0) is 14.9. The van der Waals surface area contributed by atoms with Gasteiger partial charge in [0.05, 0.1) is 5.69 Å². The molecule has 0 bridgehead atoms. The maximum atomic E-state index is 13.2. The fraction of sp³-hybridized carbons (Fsp3) is 0. The van der Waals surface area contributed by atoms with Crippen LogP contribution in [0.1, 0.15) is 0 Å². The van der Waals surface area contributed by atoms with E-state index in [4.69, 9.17) is 28.9 Å². The molecule has 0 aliphatic rings. The Morgan fingerprint density at radius 3 is 2.40 bits per heavy atom. The number of hydrogen-bond acceptors (Lipinski definition) is 5. The highest BCUT2D eigenvalue weighted by molar-refractivity contribution is 7.93. The Balaban J connectivity index is 2.49. The van der Waals surface area contributed by atoms with Gasteiger partial charge in [0.15, 0.2) is 10.3 Å². The Hall–Kier alpha value is -1.64. The van der Waals surface area contributed by atoms with Gasteiger partial charge in [-0.3, -0.25) is 4.72 Å². The van der Waals surface area contributed by atoms with Crippen LogP contribution < -0.4 is 10.5 Å². The van der Waals surface area contributed by atoms with Crippen LogP contribution in [0.15, 0.2) is 29.4 Å². The Labute approximate surface area is 123 Å². The summed E-state index contributed by atoms with van der Waals surface area (Å²) in [6, 6.07) is 2.96. The molecule has 6 nitrogen and oxygen atoms in total. The van der Waals surface area contributed by atoms with Crippen molar-refractivity contribution in [3.05, 3.63) is 40.6 Å². The van der Waals surface area contributed by atoms with Gasteiger partial charge in [0, 0.05) is 0 Å². The molecule has 0 aliphatic heterocycles. The van der Waals surface area contributed by atoms with Crippen molar-refractivity contribution in [1.29, 1.82) is 0 Å². The number of nitrogens with one attached hydrogen (secondary N) is 1. The van der Waals surface area contributed by atoms with Crippen LogP contribution in [0, 0.1) is 5.82 Å². The molecular weight excluding hydrogens is 330 g/mol. The first kappa shape index (κ1) is 14.8. The Kier molecular flexibility index (Phi) is 3.98. The van der Waals surface area contributed by atoms with Crippen molar-refractivity contribution in [3.8, 4) is 0 Å². The van der Waals surface area contributed by atoms with Gasteiger partial charge in [-0.2, -0.15) is 0 Å². The molecule has 3 N–H and O–H groups in total. The number of sulfonamides is 1. The summed E-state index contributed by atoms with van der Waals surface area (Å²) in [4.78, 5) is 6.75. The molecule has 2 aromatic rings. The second kappa shape index (κ2) is 5.39. The van der Waals surface area contributed by atoms with Gasteiger partial charge in [-0.1, -0.05) is 23.2 Å². The number of anilines is 2. The van der Waals surface area contributed by atoms with Crippen LogP contribution in [-0.2, 0) is 10.0 Å². The van der Waals surface area contributed by atoms with Crippen molar-refractivity contribution in [2.24, 2.45) is 0 Å². The van der Waals surface area contributed by atoms with Crippen LogP contribution in [0.2, 0.25) is 10.3 Å². The van der Waals surface area contributed by atoms with Crippen molar-refractivity contribution < 1.29 is 12.8 Å². The smallest absolute Gasteiger partial charge is 0.264 e. The second-order valence-corrected chi connectivity index (χ2v) is 5.98. The Morgan fingerprint density at radius 1 is 1.20 bits per heavy atom. The molecule has 0 radical (unpaired) electrons. The summed E-state index contributed by atoms with van der Waals surface area (Å²) in [7, 11) is -4.18. The molecule has 0 fully saturated rings. The molecule has 0 amide bonds. The minimum Gasteiger partial charge on any atom is -0.398 e. The van der Waals surface area contributed by atoms with Crippen LogP contribution in [-0.4, -0.2) is 18.4 Å². The third-order valence-corrected chi connectivity index (χ3v) is 4.23. The van der Waals surface area contributed by atoms with E-state index in [1.54, 1.807) is 0 Å². The van der Waals surface area contributed by atoms with Gasteiger partial charge in [-0.15, -0.1) is 0 Å². The second-order valence-electron chi connectivity index (χ2n) is 3.62. The molecule has 2 rings (SSSR count). The quantitative estimate of drug-likeness (QED) is 0.662. The number of nitrogens with zero attached hydrogens (tertiary/aromatic N) is 2. The third-order valence-electron chi connectivity index (χ3n) is 2.26. The van der Waals surface area contributed by atoms with Gasteiger partial charge in [0.1, 0.15) is 22.7 Å². The summed E-state index contributed by atoms with van der Waals surface area (Å²) >= 11 is 11.5. The lowest BCUT2D eigenvalue weighted by molar-refractivity contribution is 0.596. The van der Waals surface area contributed by atoms with E-state index in [0.717, 1.165) is 24.5 Å². The largest absolute Gasteiger partial charge is 0.398 e. The normalized spacial score (nSPS) is 11.3. The van der Waals surface area contributed by atoms with Gasteiger partial charge in [0.2, 0.25) is 0 Å². The number of nitrogen functional groups attached to an aromatic ring is 1. The fourth-order valence-electron chi connectivity index (χ4n) is 1.36. The molecule has 0 saturated carbocycles. The number of halogens is 3. The maximum Gasteiger partial charge on any atom is 0.264 e. The predicted molar refractivity (Wildman–Crippen MR) is 73.7 cm³/mol. The summed E-state index contributed by atoms with van der Waals surface area (Å²) in [5, 5.41) is -0.382. The van der Waals surface area contributed by atoms with Crippen LogP contribution in [0.25, 0.3) is 0 Å². The van der Waals surface area contributed by atoms with Crippen LogP contribution >= 0.6 is 23.2 Å². The van der Waals surface area contributed by atoms with Gasteiger partial charge in [-0.25, -0.2) is 22.8 Å². The van der Waals surface area contributed by atoms with E-state index in [1.807, 2.05) is 0 Å². The summed E-state index contributed by atoms with van der Waals surface area (Å²) in [6.45, 7) is 0. The van der Waals surface area contributed by atoms with Crippen molar-refractivity contribution >= 4 is 44.6 Å². The maximum absolute atomic E-state index is 13.2. The molecule has 106 valence electrons. The number of rotatable bonds is 3. The van der Waals surface area contributed by atoms with E-state index in [-0.39, 0.29) is 21.7 Å². The molecule has 0 spiro atoms. The molecule has 0 saturated heterocycles. The Bertz CT molecular complexity index is 750. The molecule has 1 aromatic heterocycles. The van der Waals surface area contributed by atoms with Crippen molar-refractivity contribution in [1.82, 2.24) is 9.97 Å². The lowest BCUT2D eigenvalue weighted by Gasteiger charge is -2.11. The van der Waals surface area contributed by atoms with E-state index >= 15 is 0 Å². The highest BCUT2D eigenvalue weighted by atomic mass is 35.5. The lowest BCUT2D eigenvalue weighted by Crippen LogP contribution is -2.16. The molecule has 10 heteroatoms. The lowest BCUT2D eigenvalue weighted by atomic mass is 10.3. The number of benzene rings is 1. The first-order valence-electron chi connectivity index (χ1n) is 5.05. The summed E-state index contributed by atoms with van der Waals surface area (Å²) in [5.41, 5.74) is 5.19. The van der Waals surface area contributed by atoms with E-state index in [9.17, 15) is 12.8 Å². The first-order chi connectivity index (χ1) is 9.31. The van der Waals surface area contributed by atoms with Crippen molar-refractivity contribution in [2.45, 2.75) is 4.90 Å². The van der Waals surface area contributed by atoms with Crippen LogP contribution in [0.3, 0.4) is 0 Å². The molecular formula is C10H7Cl2FN4O2S. The van der Waals surface area contributed by atoms with E-state index in [0.29, 0.717) is 0 Å². The van der Waals surface area contributed by atoms with Crippen molar-refractivity contribution in [3.63, 3.8) is 0 Å². The van der Waals surface area contributed by atoms with E-state index in [2.05, 4.69) is 14.7 Å². The SMILES string of the molecule is Nc1ccc(F)cc1S(=O)(=O)Nc1c(Cl)ncnc1Cl. The average molecular weight is 337 g/mol. The van der Waals surface area contributed by atoms with Gasteiger partial charge in [-0.05, 0) is 18.2 Å². The van der Waals surface area contributed by atoms with Crippen LogP contribution in [0.4, 0.5) is 15.8 Å². The minimum absolute atomic E-state index is 0.122. The van der Waals surface area contributed by atoms with E-state index < -0.39 is 20.7 Å². The molecule has 1 aromatic carbocycles. The van der Waals surface area contributed by atoms with Crippen molar-refractivity contribution in [2.75, 3.05) is 10.5 Å². The third kappa shape index (κ3) is 2.92. The summed E-state index contributed by atoms with van der Waals surface area (Å²) in [6.07, 6.45) is 1.07. The topological polar surface area (TPSA) is 98.0 Å². The standard InChI is InChI=1S/C10H7Cl2FN4O2S/c11-9-8(10(12)16-4-15-9)17-20(18,19)7-3-5(13)1-2-6(7)14/h1-4,17H,14H2. The zero-order valence-electron chi connectivity index (χ0n) is 9.64. The van der Waals surface area contributed by atoms with E-state index in [1.165, 1.54) is 0 Å². The predicted octanol–water partition coefficient (Wildman–Crippen LogP) is 2.31. The fourth-order valence-corrected chi connectivity index (χ4v) is 3.10.